The summed E-state index contributed by atoms with van der Waals surface area (Å²) in [5, 5.41) is 2.97. The van der Waals surface area contributed by atoms with Gasteiger partial charge >= 0.3 is 0 Å². The number of aryl methyl sites for hydroxylation is 1. The van der Waals surface area contributed by atoms with Gasteiger partial charge in [-0.05, 0) is 40.5 Å². The average molecular weight is 228 g/mol. The van der Waals surface area contributed by atoms with Crippen LogP contribution in [0.4, 0.5) is 5.69 Å². The third-order valence-electron chi connectivity index (χ3n) is 1.50. The number of benzene rings is 1. The normalized spacial score (nSPS) is 9.50. The summed E-state index contributed by atoms with van der Waals surface area (Å²) in [4.78, 5) is 10.1. The molecule has 3 heteroatoms. The van der Waals surface area contributed by atoms with Crippen LogP contribution < -0.4 is 5.32 Å². The van der Waals surface area contributed by atoms with Crippen molar-refractivity contribution in [2.24, 2.45) is 0 Å². The van der Waals surface area contributed by atoms with E-state index in [0.29, 0.717) is 6.54 Å². The number of aldehydes is 1. The molecule has 64 valence electrons. The maximum Gasteiger partial charge on any atom is 0.139 e. The van der Waals surface area contributed by atoms with E-state index in [2.05, 4.69) is 21.2 Å². The topological polar surface area (TPSA) is 29.1 Å². The molecule has 0 heterocycles. The van der Waals surface area contributed by atoms with Crippen LogP contribution in [0.15, 0.2) is 22.7 Å². The maximum absolute atomic E-state index is 10.1. The summed E-state index contributed by atoms with van der Waals surface area (Å²) in [5.74, 6) is 0. The fraction of sp³-hybridized carbons (Fsp3) is 0.222. The summed E-state index contributed by atoms with van der Waals surface area (Å²) in [5.41, 5.74) is 2.14. The zero-order valence-corrected chi connectivity index (χ0v) is 8.39. The first kappa shape index (κ1) is 9.26. The Bertz CT molecular complexity index is 286. The SMILES string of the molecule is Cc1ccc(NCC=O)c(Br)c1. The largest absolute Gasteiger partial charge is 0.377 e. The van der Waals surface area contributed by atoms with Crippen molar-refractivity contribution in [2.45, 2.75) is 6.92 Å². The second kappa shape index (κ2) is 4.26. The summed E-state index contributed by atoms with van der Waals surface area (Å²) in [6.07, 6.45) is 0.840. The van der Waals surface area contributed by atoms with E-state index < -0.39 is 0 Å². The maximum atomic E-state index is 10.1. The van der Waals surface area contributed by atoms with E-state index >= 15 is 0 Å². The van der Waals surface area contributed by atoms with Crippen molar-refractivity contribution in [3.8, 4) is 0 Å². The van der Waals surface area contributed by atoms with Crippen molar-refractivity contribution >= 4 is 27.9 Å². The lowest BCUT2D eigenvalue weighted by atomic mass is 10.2. The molecule has 0 radical (unpaired) electrons. The van der Waals surface area contributed by atoms with Crippen LogP contribution in [0.3, 0.4) is 0 Å². The molecule has 0 amide bonds. The zero-order chi connectivity index (χ0) is 8.97. The Labute approximate surface area is 80.1 Å². The molecule has 0 saturated heterocycles. The van der Waals surface area contributed by atoms with Crippen molar-refractivity contribution in [1.82, 2.24) is 0 Å². The smallest absolute Gasteiger partial charge is 0.139 e. The van der Waals surface area contributed by atoms with E-state index in [-0.39, 0.29) is 0 Å². The number of hydrogen-bond acceptors (Lipinski definition) is 2. The van der Waals surface area contributed by atoms with Gasteiger partial charge in [0.1, 0.15) is 6.29 Å². The molecule has 0 atom stereocenters. The standard InChI is InChI=1S/C9H10BrNO/c1-7-2-3-9(8(10)6-7)11-4-5-12/h2-3,5-6,11H,4H2,1H3. The van der Waals surface area contributed by atoms with Gasteiger partial charge in [-0.2, -0.15) is 0 Å². The highest BCUT2D eigenvalue weighted by Gasteiger charge is 1.97. The van der Waals surface area contributed by atoms with E-state index in [1.54, 1.807) is 0 Å². The second-order valence-electron chi connectivity index (χ2n) is 2.53. The number of carbonyl (C=O) groups is 1. The molecule has 0 unspecified atom stereocenters. The average Bonchev–Trinajstić information content (AvgIpc) is 2.03. The zero-order valence-electron chi connectivity index (χ0n) is 6.80. The first-order chi connectivity index (χ1) is 5.74. The lowest BCUT2D eigenvalue weighted by Crippen LogP contribution is -2.02. The van der Waals surface area contributed by atoms with E-state index in [1.165, 1.54) is 5.56 Å². The molecule has 1 aromatic carbocycles. The molecule has 0 aliphatic rings. The fourth-order valence-electron chi connectivity index (χ4n) is 0.915. The molecule has 0 aliphatic heterocycles. The monoisotopic (exact) mass is 227 g/mol. The van der Waals surface area contributed by atoms with Crippen molar-refractivity contribution in [1.29, 1.82) is 0 Å². The summed E-state index contributed by atoms with van der Waals surface area (Å²) < 4.78 is 0.990. The van der Waals surface area contributed by atoms with Gasteiger partial charge in [0.05, 0.1) is 6.54 Å². The van der Waals surface area contributed by atoms with Crippen molar-refractivity contribution < 1.29 is 4.79 Å². The Hall–Kier alpha value is -0.830. The van der Waals surface area contributed by atoms with Crippen LogP contribution in [-0.2, 0) is 4.79 Å². The first-order valence-electron chi connectivity index (χ1n) is 3.67. The Morgan fingerprint density at radius 2 is 2.33 bits per heavy atom. The predicted octanol–water partition coefficient (Wildman–Crippen LogP) is 2.37. The van der Waals surface area contributed by atoms with E-state index in [9.17, 15) is 4.79 Å². The quantitative estimate of drug-likeness (QED) is 0.804. The van der Waals surface area contributed by atoms with Gasteiger partial charge in [0.25, 0.3) is 0 Å². The number of rotatable bonds is 3. The lowest BCUT2D eigenvalue weighted by molar-refractivity contribution is -0.106. The number of halogens is 1. The molecule has 0 aromatic heterocycles. The molecule has 0 saturated carbocycles. The van der Waals surface area contributed by atoms with Crippen molar-refractivity contribution in [2.75, 3.05) is 11.9 Å². The third-order valence-corrected chi connectivity index (χ3v) is 2.16. The summed E-state index contributed by atoms with van der Waals surface area (Å²) in [6.45, 7) is 2.37. The number of anilines is 1. The minimum Gasteiger partial charge on any atom is -0.377 e. The molecule has 0 bridgehead atoms. The predicted molar refractivity (Wildman–Crippen MR) is 53.4 cm³/mol. The number of carbonyl (C=O) groups excluding carboxylic acids is 1. The molecule has 1 rings (SSSR count). The number of hydrogen-bond donors (Lipinski definition) is 1. The molecule has 0 aliphatic carbocycles. The van der Waals surface area contributed by atoms with Crippen molar-refractivity contribution in [3.63, 3.8) is 0 Å². The highest BCUT2D eigenvalue weighted by molar-refractivity contribution is 9.10. The third kappa shape index (κ3) is 2.34. The van der Waals surface area contributed by atoms with Crippen LogP contribution in [-0.4, -0.2) is 12.8 Å². The van der Waals surface area contributed by atoms with Gasteiger partial charge in [-0.1, -0.05) is 6.07 Å². The molecular formula is C9H10BrNO. The van der Waals surface area contributed by atoms with Gasteiger partial charge in [0, 0.05) is 10.2 Å². The van der Waals surface area contributed by atoms with Crippen LogP contribution in [0.1, 0.15) is 5.56 Å². The highest BCUT2D eigenvalue weighted by atomic mass is 79.9. The highest BCUT2D eigenvalue weighted by Crippen LogP contribution is 2.22. The van der Waals surface area contributed by atoms with Crippen LogP contribution in [0.5, 0.6) is 0 Å². The summed E-state index contributed by atoms with van der Waals surface area (Å²) in [6, 6.07) is 5.95. The second-order valence-corrected chi connectivity index (χ2v) is 3.39. The van der Waals surface area contributed by atoms with Gasteiger partial charge < -0.3 is 10.1 Å². The van der Waals surface area contributed by atoms with E-state index in [0.717, 1.165) is 16.4 Å². The fourth-order valence-corrected chi connectivity index (χ4v) is 1.55. The summed E-state index contributed by atoms with van der Waals surface area (Å²) >= 11 is 3.40. The Kier molecular flexibility index (Phi) is 3.29. The van der Waals surface area contributed by atoms with Crippen LogP contribution in [0, 0.1) is 6.92 Å². The lowest BCUT2D eigenvalue weighted by Gasteiger charge is -2.05. The van der Waals surface area contributed by atoms with Crippen LogP contribution in [0.25, 0.3) is 0 Å². The molecule has 0 spiro atoms. The van der Waals surface area contributed by atoms with Gasteiger partial charge in [-0.15, -0.1) is 0 Å². The minimum atomic E-state index is 0.349. The molecule has 12 heavy (non-hydrogen) atoms. The Morgan fingerprint density at radius 3 is 2.92 bits per heavy atom. The molecule has 0 fully saturated rings. The van der Waals surface area contributed by atoms with Crippen LogP contribution >= 0.6 is 15.9 Å². The van der Waals surface area contributed by atoms with Gasteiger partial charge in [-0.3, -0.25) is 0 Å². The molecular weight excluding hydrogens is 218 g/mol. The Balaban J connectivity index is 2.78. The number of nitrogens with one attached hydrogen (secondary N) is 1. The Morgan fingerprint density at radius 1 is 1.58 bits per heavy atom. The minimum absolute atomic E-state index is 0.349. The van der Waals surface area contributed by atoms with E-state index in [1.807, 2.05) is 25.1 Å². The van der Waals surface area contributed by atoms with Gasteiger partial charge in [-0.25, -0.2) is 0 Å². The molecule has 1 N–H and O–H groups in total. The first-order valence-corrected chi connectivity index (χ1v) is 4.47. The molecule has 2 nitrogen and oxygen atoms in total. The van der Waals surface area contributed by atoms with E-state index in [4.69, 9.17) is 0 Å². The van der Waals surface area contributed by atoms with Crippen LogP contribution in [0.2, 0.25) is 0 Å². The summed E-state index contributed by atoms with van der Waals surface area (Å²) in [7, 11) is 0. The molecule has 1 aromatic rings. The van der Waals surface area contributed by atoms with Gasteiger partial charge in [0.15, 0.2) is 0 Å². The van der Waals surface area contributed by atoms with Crippen molar-refractivity contribution in [3.05, 3.63) is 28.2 Å². The van der Waals surface area contributed by atoms with Gasteiger partial charge in [0.2, 0.25) is 0 Å².